The molecule has 0 unspecified atom stereocenters. The van der Waals surface area contributed by atoms with Crippen molar-refractivity contribution in [1.82, 2.24) is 5.32 Å². The van der Waals surface area contributed by atoms with Crippen molar-refractivity contribution in [3.8, 4) is 5.75 Å². The third kappa shape index (κ3) is 4.43. The van der Waals surface area contributed by atoms with Gasteiger partial charge in [-0.2, -0.15) is 12.6 Å². The summed E-state index contributed by atoms with van der Waals surface area (Å²) in [5.74, 6) is 2.01. The van der Waals surface area contributed by atoms with E-state index in [0.29, 0.717) is 18.1 Å². The minimum atomic E-state index is -0.243. The number of rotatable bonds is 8. The number of allylic oxidation sites excluding steroid dienone is 1. The Bertz CT molecular complexity index is 636. The van der Waals surface area contributed by atoms with Crippen molar-refractivity contribution in [3.05, 3.63) is 66.1 Å². The molecule has 0 aliphatic rings. The van der Waals surface area contributed by atoms with E-state index >= 15 is 0 Å². The molecule has 116 valence electrons. The highest BCUT2D eigenvalue weighted by Gasteiger charge is 2.11. The molecule has 1 heterocycles. The molecule has 0 fully saturated rings. The molecule has 1 aromatic carbocycles. The van der Waals surface area contributed by atoms with Crippen molar-refractivity contribution >= 4 is 18.5 Å². The number of furan rings is 1. The van der Waals surface area contributed by atoms with Crippen LogP contribution in [0.25, 0.3) is 0 Å². The number of hydrogen-bond donors (Lipinski definition) is 2. The van der Waals surface area contributed by atoms with Gasteiger partial charge in [-0.1, -0.05) is 24.3 Å². The predicted octanol–water partition coefficient (Wildman–Crippen LogP) is 3.25. The van der Waals surface area contributed by atoms with Crippen molar-refractivity contribution in [2.24, 2.45) is 0 Å². The summed E-state index contributed by atoms with van der Waals surface area (Å²) in [7, 11) is 0. The zero-order valence-corrected chi connectivity index (χ0v) is 13.1. The molecule has 0 spiro atoms. The van der Waals surface area contributed by atoms with Crippen LogP contribution in [-0.4, -0.2) is 18.2 Å². The van der Waals surface area contributed by atoms with Gasteiger partial charge < -0.3 is 14.5 Å². The SMILES string of the molecule is C=CCc1ccccc1OCc1ccc(C(=O)NCCS)o1. The first-order valence-corrected chi connectivity index (χ1v) is 7.67. The monoisotopic (exact) mass is 317 g/mol. The van der Waals surface area contributed by atoms with E-state index in [1.54, 1.807) is 12.1 Å². The average molecular weight is 317 g/mol. The first kappa shape index (κ1) is 16.2. The quantitative estimate of drug-likeness (QED) is 0.580. The largest absolute Gasteiger partial charge is 0.485 e. The summed E-state index contributed by atoms with van der Waals surface area (Å²) in [5.41, 5.74) is 1.07. The van der Waals surface area contributed by atoms with Crippen LogP contribution >= 0.6 is 12.6 Å². The molecular weight excluding hydrogens is 298 g/mol. The number of carbonyl (C=O) groups is 1. The van der Waals surface area contributed by atoms with Crippen LogP contribution < -0.4 is 10.1 Å². The van der Waals surface area contributed by atoms with Gasteiger partial charge in [0.15, 0.2) is 5.76 Å². The molecule has 1 amide bonds. The zero-order valence-electron chi connectivity index (χ0n) is 12.2. The first-order chi connectivity index (χ1) is 10.7. The van der Waals surface area contributed by atoms with Crippen molar-refractivity contribution in [2.45, 2.75) is 13.0 Å². The van der Waals surface area contributed by atoms with Crippen LogP contribution in [0.5, 0.6) is 5.75 Å². The molecule has 0 bridgehead atoms. The summed E-state index contributed by atoms with van der Waals surface area (Å²) < 4.78 is 11.2. The molecule has 1 N–H and O–H groups in total. The minimum absolute atomic E-state index is 0.243. The Hall–Kier alpha value is -2.14. The van der Waals surface area contributed by atoms with Crippen LogP contribution in [0.4, 0.5) is 0 Å². The predicted molar refractivity (Wildman–Crippen MR) is 89.6 cm³/mol. The maximum atomic E-state index is 11.7. The Balaban J connectivity index is 1.96. The van der Waals surface area contributed by atoms with Crippen LogP contribution in [0, 0.1) is 0 Å². The van der Waals surface area contributed by atoms with E-state index in [-0.39, 0.29) is 18.3 Å². The van der Waals surface area contributed by atoms with Gasteiger partial charge in [0.2, 0.25) is 0 Å². The molecular formula is C17H19NO3S. The van der Waals surface area contributed by atoms with Crippen molar-refractivity contribution in [3.63, 3.8) is 0 Å². The number of para-hydroxylation sites is 1. The van der Waals surface area contributed by atoms with Crippen LogP contribution in [0.3, 0.4) is 0 Å². The smallest absolute Gasteiger partial charge is 0.287 e. The molecule has 4 nitrogen and oxygen atoms in total. The van der Waals surface area contributed by atoms with E-state index in [9.17, 15) is 4.79 Å². The topological polar surface area (TPSA) is 51.5 Å². The van der Waals surface area contributed by atoms with Gasteiger partial charge >= 0.3 is 0 Å². The normalized spacial score (nSPS) is 10.2. The lowest BCUT2D eigenvalue weighted by molar-refractivity contribution is 0.0924. The standard InChI is InChI=1S/C17H19NO3S/c1-2-5-13-6-3-4-7-15(13)20-12-14-8-9-16(21-14)17(19)18-10-11-22/h2-4,6-9,22H,1,5,10-12H2,(H,18,19). The molecule has 0 saturated heterocycles. The Morgan fingerprint density at radius 1 is 1.32 bits per heavy atom. The van der Waals surface area contributed by atoms with Crippen molar-refractivity contribution in [1.29, 1.82) is 0 Å². The summed E-state index contributed by atoms with van der Waals surface area (Å²) in [5, 5.41) is 2.70. The number of hydrogen-bond acceptors (Lipinski definition) is 4. The second-order valence-electron chi connectivity index (χ2n) is 4.63. The highest BCUT2D eigenvalue weighted by atomic mass is 32.1. The molecule has 0 saturated carbocycles. The minimum Gasteiger partial charge on any atom is -0.485 e. The Kier molecular flexibility index (Phi) is 6.15. The lowest BCUT2D eigenvalue weighted by Crippen LogP contribution is -2.24. The molecule has 5 heteroatoms. The number of thiol groups is 1. The van der Waals surface area contributed by atoms with Gasteiger partial charge in [0.05, 0.1) is 0 Å². The van der Waals surface area contributed by atoms with Crippen LogP contribution in [0.1, 0.15) is 21.9 Å². The second-order valence-corrected chi connectivity index (χ2v) is 5.08. The lowest BCUT2D eigenvalue weighted by atomic mass is 10.1. The number of ether oxygens (including phenoxy) is 1. The van der Waals surface area contributed by atoms with Gasteiger partial charge in [-0.3, -0.25) is 4.79 Å². The Labute approximate surface area is 135 Å². The van der Waals surface area contributed by atoms with Crippen molar-refractivity contribution < 1.29 is 13.9 Å². The average Bonchev–Trinajstić information content (AvgIpc) is 3.01. The van der Waals surface area contributed by atoms with E-state index in [1.807, 2.05) is 30.3 Å². The molecule has 22 heavy (non-hydrogen) atoms. The van der Waals surface area contributed by atoms with Gasteiger partial charge in [0.1, 0.15) is 18.1 Å². The number of nitrogens with one attached hydrogen (secondary N) is 1. The van der Waals surface area contributed by atoms with Gasteiger partial charge in [-0.15, -0.1) is 6.58 Å². The summed E-state index contributed by atoms with van der Waals surface area (Å²) in [6, 6.07) is 11.2. The Morgan fingerprint density at radius 2 is 2.14 bits per heavy atom. The van der Waals surface area contributed by atoms with Crippen LogP contribution in [0.15, 0.2) is 53.5 Å². The highest BCUT2D eigenvalue weighted by molar-refractivity contribution is 7.80. The molecule has 2 aromatic rings. The molecule has 0 atom stereocenters. The third-order valence-electron chi connectivity index (χ3n) is 2.99. The van der Waals surface area contributed by atoms with Crippen molar-refractivity contribution in [2.75, 3.05) is 12.3 Å². The maximum absolute atomic E-state index is 11.7. The van der Waals surface area contributed by atoms with Gasteiger partial charge in [-0.05, 0) is 30.2 Å². The van der Waals surface area contributed by atoms with E-state index in [1.165, 1.54) is 0 Å². The summed E-state index contributed by atoms with van der Waals surface area (Å²) in [6.07, 6.45) is 2.57. The van der Waals surface area contributed by atoms with E-state index < -0.39 is 0 Å². The fourth-order valence-corrected chi connectivity index (χ4v) is 2.06. The van der Waals surface area contributed by atoms with Gasteiger partial charge in [0, 0.05) is 12.3 Å². The van der Waals surface area contributed by atoms with Crippen LogP contribution in [0.2, 0.25) is 0 Å². The van der Waals surface area contributed by atoms with Gasteiger partial charge in [-0.25, -0.2) is 0 Å². The highest BCUT2D eigenvalue weighted by Crippen LogP contribution is 2.20. The summed E-state index contributed by atoms with van der Waals surface area (Å²) in [6.45, 7) is 4.51. The fraction of sp³-hybridized carbons (Fsp3) is 0.235. The van der Waals surface area contributed by atoms with Crippen LogP contribution in [-0.2, 0) is 13.0 Å². The Morgan fingerprint density at radius 3 is 2.91 bits per heavy atom. The number of carbonyl (C=O) groups excluding carboxylic acids is 1. The fourth-order valence-electron chi connectivity index (χ4n) is 1.95. The number of amides is 1. The third-order valence-corrected chi connectivity index (χ3v) is 3.21. The summed E-state index contributed by atoms with van der Waals surface area (Å²) in [4.78, 5) is 11.7. The maximum Gasteiger partial charge on any atom is 0.287 e. The second kappa shape index (κ2) is 8.34. The zero-order chi connectivity index (χ0) is 15.8. The molecule has 2 rings (SSSR count). The van der Waals surface area contributed by atoms with E-state index in [4.69, 9.17) is 9.15 Å². The van der Waals surface area contributed by atoms with E-state index in [2.05, 4.69) is 24.5 Å². The number of benzene rings is 1. The van der Waals surface area contributed by atoms with Gasteiger partial charge in [0.25, 0.3) is 5.91 Å². The first-order valence-electron chi connectivity index (χ1n) is 7.04. The lowest BCUT2D eigenvalue weighted by Gasteiger charge is -2.08. The molecule has 1 aromatic heterocycles. The molecule has 0 aliphatic carbocycles. The summed E-state index contributed by atoms with van der Waals surface area (Å²) >= 11 is 4.04. The van der Waals surface area contributed by atoms with E-state index in [0.717, 1.165) is 17.7 Å². The molecule has 0 radical (unpaired) electrons. The molecule has 0 aliphatic heterocycles.